The van der Waals surface area contributed by atoms with Crippen molar-refractivity contribution in [3.8, 4) is 5.75 Å². The number of hydrogen-bond donors (Lipinski definition) is 0. The van der Waals surface area contributed by atoms with Crippen LogP contribution >= 0.6 is 0 Å². The van der Waals surface area contributed by atoms with Gasteiger partial charge < -0.3 is 19.4 Å². The van der Waals surface area contributed by atoms with E-state index in [0.29, 0.717) is 19.5 Å². The van der Waals surface area contributed by atoms with Crippen LogP contribution in [0.2, 0.25) is 0 Å². The highest BCUT2D eigenvalue weighted by Gasteiger charge is 2.44. The first-order valence-electron chi connectivity index (χ1n) is 9.26. The van der Waals surface area contributed by atoms with Crippen molar-refractivity contribution in [2.75, 3.05) is 41.3 Å². The van der Waals surface area contributed by atoms with Crippen LogP contribution in [0.25, 0.3) is 0 Å². The number of amides is 3. The Labute approximate surface area is 155 Å². The van der Waals surface area contributed by atoms with Gasteiger partial charge in [0.1, 0.15) is 11.4 Å². The molecule has 0 aliphatic carbocycles. The average Bonchev–Trinajstić information content (AvgIpc) is 2.61. The molecular weight excluding hydrogens is 330 g/mol. The highest BCUT2D eigenvalue weighted by molar-refractivity contribution is 5.77. The molecule has 6 nitrogen and oxygen atoms in total. The van der Waals surface area contributed by atoms with Gasteiger partial charge in [-0.2, -0.15) is 0 Å². The lowest BCUT2D eigenvalue weighted by atomic mass is 9.76. The van der Waals surface area contributed by atoms with Gasteiger partial charge in [0.2, 0.25) is 5.91 Å². The minimum absolute atomic E-state index is 0.0513. The summed E-state index contributed by atoms with van der Waals surface area (Å²) in [4.78, 5) is 29.7. The molecule has 26 heavy (non-hydrogen) atoms. The Morgan fingerprint density at radius 3 is 2.38 bits per heavy atom. The molecule has 0 saturated carbocycles. The van der Waals surface area contributed by atoms with E-state index in [4.69, 9.17) is 4.74 Å². The summed E-state index contributed by atoms with van der Waals surface area (Å²) in [6.07, 6.45) is 2.92. The van der Waals surface area contributed by atoms with Crippen LogP contribution in [-0.2, 0) is 4.79 Å². The number of para-hydroxylation sites is 1. The third kappa shape index (κ3) is 3.64. The Balaban J connectivity index is 1.78. The van der Waals surface area contributed by atoms with Crippen molar-refractivity contribution in [3.63, 3.8) is 0 Å². The van der Waals surface area contributed by atoms with Gasteiger partial charge in [0.25, 0.3) is 0 Å². The second-order valence-corrected chi connectivity index (χ2v) is 7.88. The summed E-state index contributed by atoms with van der Waals surface area (Å²) in [5, 5.41) is 0. The molecule has 2 aliphatic rings. The van der Waals surface area contributed by atoms with Crippen LogP contribution in [0.5, 0.6) is 5.75 Å². The van der Waals surface area contributed by atoms with Crippen LogP contribution in [0, 0.1) is 0 Å². The molecule has 1 aromatic carbocycles. The Bertz CT molecular complexity index is 679. The number of hydrogen-bond acceptors (Lipinski definition) is 3. The van der Waals surface area contributed by atoms with E-state index < -0.39 is 0 Å². The quantitative estimate of drug-likeness (QED) is 0.815. The zero-order chi connectivity index (χ0) is 18.9. The average molecular weight is 359 g/mol. The number of carbonyl (C=O) groups is 2. The fourth-order valence-electron chi connectivity index (χ4n) is 4.01. The van der Waals surface area contributed by atoms with Gasteiger partial charge in [-0.1, -0.05) is 18.2 Å². The third-order valence-electron chi connectivity index (χ3n) is 5.55. The van der Waals surface area contributed by atoms with Crippen LogP contribution in [-0.4, -0.2) is 73.5 Å². The lowest BCUT2D eigenvalue weighted by Crippen LogP contribution is -2.53. The summed E-state index contributed by atoms with van der Waals surface area (Å²) in [5.74, 6) is 1.19. The van der Waals surface area contributed by atoms with Gasteiger partial charge in [0.15, 0.2) is 0 Å². The lowest BCUT2D eigenvalue weighted by molar-refractivity contribution is -0.129. The predicted molar refractivity (Wildman–Crippen MR) is 100 cm³/mol. The van der Waals surface area contributed by atoms with E-state index in [1.165, 1.54) is 0 Å². The number of carbonyl (C=O) groups excluding carboxylic acids is 2. The van der Waals surface area contributed by atoms with Gasteiger partial charge in [-0.3, -0.25) is 4.79 Å². The fraction of sp³-hybridized carbons (Fsp3) is 0.600. The Hall–Kier alpha value is -2.24. The van der Waals surface area contributed by atoms with Crippen molar-refractivity contribution in [2.24, 2.45) is 0 Å². The molecule has 3 amide bonds. The van der Waals surface area contributed by atoms with Crippen LogP contribution in [0.15, 0.2) is 24.3 Å². The topological polar surface area (TPSA) is 53.1 Å². The molecule has 0 bridgehead atoms. The van der Waals surface area contributed by atoms with Gasteiger partial charge in [0, 0.05) is 66.5 Å². The number of benzene rings is 1. The largest absolute Gasteiger partial charge is 0.487 e. The molecule has 6 heteroatoms. The SMILES string of the molecule is CN(C)C(=O)C[C@@H]1CC2(CCN(C(=O)N(C)C)CC2)Oc2ccccc21. The number of likely N-dealkylation sites (tertiary alicyclic amines) is 1. The van der Waals surface area contributed by atoms with Crippen LogP contribution in [0.1, 0.15) is 37.2 Å². The first-order valence-corrected chi connectivity index (χ1v) is 9.26. The van der Waals surface area contributed by atoms with Gasteiger partial charge in [-0.25, -0.2) is 4.79 Å². The summed E-state index contributed by atoms with van der Waals surface area (Å²) >= 11 is 0. The van der Waals surface area contributed by atoms with Gasteiger partial charge >= 0.3 is 6.03 Å². The maximum absolute atomic E-state index is 12.3. The monoisotopic (exact) mass is 359 g/mol. The Kier molecular flexibility index (Phi) is 5.12. The molecule has 3 rings (SSSR count). The second kappa shape index (κ2) is 7.17. The molecule has 1 atom stereocenters. The maximum Gasteiger partial charge on any atom is 0.319 e. The summed E-state index contributed by atoms with van der Waals surface area (Å²) in [7, 11) is 7.16. The van der Waals surface area contributed by atoms with Crippen molar-refractivity contribution in [1.82, 2.24) is 14.7 Å². The Morgan fingerprint density at radius 1 is 1.12 bits per heavy atom. The van der Waals surface area contributed by atoms with Crippen molar-refractivity contribution >= 4 is 11.9 Å². The molecule has 1 fully saturated rings. The van der Waals surface area contributed by atoms with Crippen molar-refractivity contribution < 1.29 is 14.3 Å². The number of piperidine rings is 1. The predicted octanol–water partition coefficient (Wildman–Crippen LogP) is 2.55. The molecule has 0 radical (unpaired) electrons. The van der Waals surface area contributed by atoms with E-state index >= 15 is 0 Å². The normalized spacial score (nSPS) is 20.9. The molecule has 0 N–H and O–H groups in total. The number of fused-ring (bicyclic) bond motifs is 1. The second-order valence-electron chi connectivity index (χ2n) is 7.88. The first kappa shape index (κ1) is 18.5. The minimum atomic E-state index is -0.283. The smallest absolute Gasteiger partial charge is 0.319 e. The highest BCUT2D eigenvalue weighted by atomic mass is 16.5. The van der Waals surface area contributed by atoms with E-state index in [1.54, 1.807) is 38.0 Å². The van der Waals surface area contributed by atoms with Crippen LogP contribution < -0.4 is 4.74 Å². The highest BCUT2D eigenvalue weighted by Crippen LogP contribution is 2.46. The first-order chi connectivity index (χ1) is 12.3. The molecule has 2 aliphatic heterocycles. The third-order valence-corrected chi connectivity index (χ3v) is 5.55. The minimum Gasteiger partial charge on any atom is -0.487 e. The summed E-state index contributed by atoms with van der Waals surface area (Å²) < 4.78 is 6.44. The zero-order valence-corrected chi connectivity index (χ0v) is 16.2. The number of rotatable bonds is 2. The van der Waals surface area contributed by atoms with Gasteiger partial charge in [-0.05, 0) is 18.1 Å². The molecule has 0 unspecified atom stereocenters. The molecule has 1 aromatic rings. The fourth-order valence-corrected chi connectivity index (χ4v) is 4.01. The van der Waals surface area contributed by atoms with E-state index in [9.17, 15) is 9.59 Å². The lowest BCUT2D eigenvalue weighted by Gasteiger charge is -2.47. The van der Waals surface area contributed by atoms with Crippen LogP contribution in [0.3, 0.4) is 0 Å². The summed E-state index contributed by atoms with van der Waals surface area (Å²) in [5.41, 5.74) is 0.842. The van der Waals surface area contributed by atoms with E-state index in [2.05, 4.69) is 6.07 Å². The van der Waals surface area contributed by atoms with Crippen molar-refractivity contribution in [3.05, 3.63) is 29.8 Å². The standard InChI is InChI=1S/C20H29N3O3/c1-21(2)18(24)13-15-14-20(26-17-8-6-5-7-16(15)17)9-11-23(12-10-20)19(25)22(3)4/h5-8,15H,9-14H2,1-4H3/t15-/m1/s1. The molecular formula is C20H29N3O3. The summed E-state index contributed by atoms with van der Waals surface area (Å²) in [6.45, 7) is 1.38. The number of nitrogens with zero attached hydrogens (tertiary/aromatic N) is 3. The van der Waals surface area contributed by atoms with Crippen molar-refractivity contribution in [1.29, 1.82) is 0 Å². The van der Waals surface area contributed by atoms with Crippen molar-refractivity contribution in [2.45, 2.75) is 37.2 Å². The van der Waals surface area contributed by atoms with E-state index in [1.807, 2.05) is 23.1 Å². The van der Waals surface area contributed by atoms with Crippen LogP contribution in [0.4, 0.5) is 4.79 Å². The molecule has 2 heterocycles. The number of urea groups is 1. The maximum atomic E-state index is 12.3. The van der Waals surface area contributed by atoms with Gasteiger partial charge in [-0.15, -0.1) is 0 Å². The molecule has 1 saturated heterocycles. The molecule has 0 aromatic heterocycles. The Morgan fingerprint density at radius 2 is 1.77 bits per heavy atom. The summed E-state index contributed by atoms with van der Waals surface area (Å²) in [6, 6.07) is 8.11. The zero-order valence-electron chi connectivity index (χ0n) is 16.2. The molecule has 1 spiro atoms. The number of ether oxygens (including phenoxy) is 1. The van der Waals surface area contributed by atoms with E-state index in [0.717, 1.165) is 30.6 Å². The van der Waals surface area contributed by atoms with E-state index in [-0.39, 0.29) is 23.5 Å². The molecule has 142 valence electrons. The van der Waals surface area contributed by atoms with Gasteiger partial charge in [0.05, 0.1) is 0 Å².